The lowest BCUT2D eigenvalue weighted by molar-refractivity contribution is -0.139. The molecule has 0 bridgehead atoms. The zero-order valence-corrected chi connectivity index (χ0v) is 15.0. The van der Waals surface area contributed by atoms with Crippen molar-refractivity contribution in [3.63, 3.8) is 0 Å². The predicted octanol–water partition coefficient (Wildman–Crippen LogP) is 3.20. The summed E-state index contributed by atoms with van der Waals surface area (Å²) in [7, 11) is 0. The van der Waals surface area contributed by atoms with E-state index in [-0.39, 0.29) is 16.7 Å². The van der Waals surface area contributed by atoms with E-state index in [4.69, 9.17) is 0 Å². The summed E-state index contributed by atoms with van der Waals surface area (Å²) in [5, 5.41) is 32.8. The van der Waals surface area contributed by atoms with Crippen molar-refractivity contribution < 1.29 is 15.3 Å². The smallest absolute Gasteiger partial charge is 0.0841 e. The van der Waals surface area contributed by atoms with E-state index in [0.29, 0.717) is 6.42 Å². The standard InChI is InChI=1S/C20H32O3/c1-6-19(4)10-7-13-12(17(19)23)11-14(21)16-18(2,3)9-8-15(22)20(13,16)5/h6,14-17,21-23H,1,7-11H2,2-5H3/t14-,15+,16+,17-,19+,20+/m1/s1. The highest BCUT2D eigenvalue weighted by Crippen LogP contribution is 2.62. The van der Waals surface area contributed by atoms with E-state index >= 15 is 0 Å². The normalized spacial score (nSPS) is 49.3. The quantitative estimate of drug-likeness (QED) is 0.650. The van der Waals surface area contributed by atoms with Crippen molar-refractivity contribution in [2.24, 2.45) is 22.2 Å². The number of aliphatic hydroxyl groups is 3. The van der Waals surface area contributed by atoms with Gasteiger partial charge in [-0.3, -0.25) is 0 Å². The summed E-state index contributed by atoms with van der Waals surface area (Å²) in [4.78, 5) is 0. The summed E-state index contributed by atoms with van der Waals surface area (Å²) in [6, 6.07) is 0. The first-order valence-corrected chi connectivity index (χ1v) is 8.98. The average Bonchev–Trinajstić information content (AvgIpc) is 2.47. The Morgan fingerprint density at radius 2 is 1.74 bits per heavy atom. The molecule has 6 atom stereocenters. The van der Waals surface area contributed by atoms with Crippen LogP contribution in [0, 0.1) is 22.2 Å². The van der Waals surface area contributed by atoms with Crippen molar-refractivity contribution in [1.29, 1.82) is 0 Å². The van der Waals surface area contributed by atoms with Gasteiger partial charge in [-0.1, -0.05) is 39.3 Å². The molecular weight excluding hydrogens is 288 g/mol. The molecule has 0 aliphatic heterocycles. The minimum Gasteiger partial charge on any atom is -0.392 e. The van der Waals surface area contributed by atoms with Gasteiger partial charge in [0.1, 0.15) is 0 Å². The second-order valence-electron chi connectivity index (χ2n) is 9.19. The zero-order chi connectivity index (χ0) is 17.2. The summed E-state index contributed by atoms with van der Waals surface area (Å²) in [6.07, 6.45) is 4.24. The third kappa shape index (κ3) is 2.20. The molecule has 0 aromatic heterocycles. The van der Waals surface area contributed by atoms with Crippen LogP contribution in [0.3, 0.4) is 0 Å². The lowest BCUT2D eigenvalue weighted by Gasteiger charge is -2.61. The van der Waals surface area contributed by atoms with Crippen molar-refractivity contribution in [2.75, 3.05) is 0 Å². The molecule has 3 aliphatic carbocycles. The monoisotopic (exact) mass is 320 g/mol. The van der Waals surface area contributed by atoms with E-state index in [1.54, 1.807) is 0 Å². The Balaban J connectivity index is 2.15. The molecule has 0 saturated heterocycles. The van der Waals surface area contributed by atoms with E-state index < -0.39 is 23.7 Å². The number of rotatable bonds is 1. The van der Waals surface area contributed by atoms with Crippen LogP contribution >= 0.6 is 0 Å². The highest BCUT2D eigenvalue weighted by atomic mass is 16.3. The topological polar surface area (TPSA) is 60.7 Å². The fourth-order valence-corrected chi connectivity index (χ4v) is 5.95. The predicted molar refractivity (Wildman–Crippen MR) is 91.8 cm³/mol. The van der Waals surface area contributed by atoms with Gasteiger partial charge in [-0.15, -0.1) is 6.58 Å². The van der Waals surface area contributed by atoms with Crippen LogP contribution in [0.4, 0.5) is 0 Å². The molecule has 0 unspecified atom stereocenters. The Kier molecular flexibility index (Phi) is 3.87. The Morgan fingerprint density at radius 3 is 2.35 bits per heavy atom. The van der Waals surface area contributed by atoms with Crippen molar-refractivity contribution >= 4 is 0 Å². The van der Waals surface area contributed by atoms with Gasteiger partial charge in [-0.25, -0.2) is 0 Å². The van der Waals surface area contributed by atoms with Crippen molar-refractivity contribution in [2.45, 2.75) is 78.1 Å². The SMILES string of the molecule is C=C[C@@]1(C)CCC2=C(C[C@@H](O)[C@H]3C(C)(C)CC[C@H](O)[C@]23C)[C@H]1O. The molecule has 3 rings (SSSR count). The Bertz CT molecular complexity index is 549. The van der Waals surface area contributed by atoms with Crippen LogP contribution in [0.5, 0.6) is 0 Å². The molecule has 0 radical (unpaired) electrons. The largest absolute Gasteiger partial charge is 0.392 e. The molecule has 0 spiro atoms. The molecule has 3 N–H and O–H groups in total. The maximum Gasteiger partial charge on any atom is 0.0841 e. The Hall–Kier alpha value is -0.640. The first kappa shape index (κ1) is 17.2. The van der Waals surface area contributed by atoms with E-state index in [0.717, 1.165) is 31.3 Å². The third-order valence-electron chi connectivity index (χ3n) is 7.43. The van der Waals surface area contributed by atoms with Crippen molar-refractivity contribution in [3.8, 4) is 0 Å². The van der Waals surface area contributed by atoms with Crippen LogP contribution in [0.1, 0.15) is 59.8 Å². The van der Waals surface area contributed by atoms with Crippen LogP contribution in [0.25, 0.3) is 0 Å². The summed E-state index contributed by atoms with van der Waals surface area (Å²) >= 11 is 0. The average molecular weight is 320 g/mol. The van der Waals surface area contributed by atoms with Crippen molar-refractivity contribution in [1.82, 2.24) is 0 Å². The first-order valence-electron chi connectivity index (χ1n) is 8.98. The highest BCUT2D eigenvalue weighted by molar-refractivity contribution is 5.38. The Labute approximate surface area is 140 Å². The summed E-state index contributed by atoms with van der Waals surface area (Å²) in [5.41, 5.74) is 1.40. The zero-order valence-electron chi connectivity index (χ0n) is 15.0. The van der Waals surface area contributed by atoms with Gasteiger partial charge in [0.25, 0.3) is 0 Å². The highest BCUT2D eigenvalue weighted by Gasteiger charge is 2.60. The number of hydrogen-bond acceptors (Lipinski definition) is 3. The number of aliphatic hydroxyl groups excluding tert-OH is 3. The van der Waals surface area contributed by atoms with Gasteiger partial charge in [-0.2, -0.15) is 0 Å². The molecule has 3 heteroatoms. The summed E-state index contributed by atoms with van der Waals surface area (Å²) in [6.45, 7) is 12.5. The lowest BCUT2D eigenvalue weighted by atomic mass is 9.46. The molecule has 3 nitrogen and oxygen atoms in total. The van der Waals surface area contributed by atoms with E-state index in [1.165, 1.54) is 5.57 Å². The van der Waals surface area contributed by atoms with E-state index in [2.05, 4.69) is 27.4 Å². The molecule has 1 fully saturated rings. The van der Waals surface area contributed by atoms with Gasteiger partial charge in [-0.05, 0) is 43.1 Å². The van der Waals surface area contributed by atoms with Crippen LogP contribution in [0.2, 0.25) is 0 Å². The fourth-order valence-electron chi connectivity index (χ4n) is 5.95. The second kappa shape index (κ2) is 5.18. The molecule has 3 aliphatic rings. The molecule has 0 aromatic carbocycles. The fraction of sp³-hybridized carbons (Fsp3) is 0.800. The number of fused-ring (bicyclic) bond motifs is 2. The maximum absolute atomic E-state index is 10.9. The maximum atomic E-state index is 10.9. The molecule has 0 heterocycles. The molecule has 23 heavy (non-hydrogen) atoms. The van der Waals surface area contributed by atoms with Crippen LogP contribution in [-0.2, 0) is 0 Å². The van der Waals surface area contributed by atoms with E-state index in [9.17, 15) is 15.3 Å². The molecular formula is C20H32O3. The Morgan fingerprint density at radius 1 is 1.09 bits per heavy atom. The van der Waals surface area contributed by atoms with Gasteiger partial charge < -0.3 is 15.3 Å². The van der Waals surface area contributed by atoms with Gasteiger partial charge in [0.15, 0.2) is 0 Å². The minimum atomic E-state index is -0.603. The molecule has 1 saturated carbocycles. The third-order valence-corrected chi connectivity index (χ3v) is 7.43. The molecule has 130 valence electrons. The van der Waals surface area contributed by atoms with E-state index in [1.807, 2.05) is 13.0 Å². The van der Waals surface area contributed by atoms with Crippen LogP contribution in [-0.4, -0.2) is 33.6 Å². The first-order chi connectivity index (χ1) is 10.6. The lowest BCUT2D eigenvalue weighted by Crippen LogP contribution is -2.60. The minimum absolute atomic E-state index is 0.00390. The van der Waals surface area contributed by atoms with Gasteiger partial charge in [0, 0.05) is 16.7 Å². The van der Waals surface area contributed by atoms with Gasteiger partial charge in [0.05, 0.1) is 18.3 Å². The second-order valence-corrected chi connectivity index (χ2v) is 9.19. The summed E-state index contributed by atoms with van der Waals surface area (Å²) < 4.78 is 0. The number of hydrogen-bond donors (Lipinski definition) is 3. The van der Waals surface area contributed by atoms with Crippen molar-refractivity contribution in [3.05, 3.63) is 23.8 Å². The molecule has 0 amide bonds. The van der Waals surface area contributed by atoms with Gasteiger partial charge >= 0.3 is 0 Å². The summed E-state index contributed by atoms with van der Waals surface area (Å²) in [5.74, 6) is 0.0396. The van der Waals surface area contributed by atoms with Crippen LogP contribution < -0.4 is 0 Å². The van der Waals surface area contributed by atoms with Gasteiger partial charge in [0.2, 0.25) is 0 Å². The molecule has 0 aromatic rings. The van der Waals surface area contributed by atoms with Crippen LogP contribution in [0.15, 0.2) is 23.8 Å².